The molecule has 1 rings (SSSR count). The van der Waals surface area contributed by atoms with Crippen LogP contribution in [-0.2, 0) is 0 Å². The van der Waals surface area contributed by atoms with Crippen LogP contribution in [0.3, 0.4) is 0 Å². The number of aromatic nitrogens is 2. The third kappa shape index (κ3) is 2.23. The van der Waals surface area contributed by atoms with Crippen LogP contribution in [0.5, 0.6) is 0 Å². The maximum atomic E-state index is 11.2. The zero-order chi connectivity index (χ0) is 8.97. The lowest BCUT2D eigenvalue weighted by Crippen LogP contribution is -1.97. The van der Waals surface area contributed by atoms with E-state index < -0.39 is 0 Å². The molecule has 0 unspecified atom stereocenters. The number of Topliss-reactive ketones (excluding diaryl/α,β-unsaturated/α-hetero) is 1. The summed E-state index contributed by atoms with van der Waals surface area (Å²) in [5.74, 6) is 0.426. The van der Waals surface area contributed by atoms with Gasteiger partial charge in [-0.05, 0) is 6.42 Å². The van der Waals surface area contributed by atoms with Gasteiger partial charge in [-0.3, -0.25) is 4.79 Å². The van der Waals surface area contributed by atoms with Crippen molar-refractivity contribution in [2.24, 2.45) is 0 Å². The van der Waals surface area contributed by atoms with Gasteiger partial charge in [-0.15, -0.1) is 21.5 Å². The Morgan fingerprint density at radius 2 is 2.50 bits per heavy atom. The number of hydrogen-bond donors (Lipinski definition) is 1. The first-order valence-corrected chi connectivity index (χ1v) is 4.10. The number of carbonyl (C=O) groups is 1. The summed E-state index contributed by atoms with van der Waals surface area (Å²) in [4.78, 5) is 11.8. The van der Waals surface area contributed by atoms with Crippen LogP contribution in [-0.4, -0.2) is 26.8 Å². The van der Waals surface area contributed by atoms with Crippen molar-refractivity contribution in [2.75, 3.05) is 5.88 Å². The molecule has 0 aromatic carbocycles. The van der Waals surface area contributed by atoms with Crippen LogP contribution in [0.1, 0.15) is 23.2 Å². The molecule has 1 aromatic heterocycles. The summed E-state index contributed by atoms with van der Waals surface area (Å²) >= 11 is 5.42. The first kappa shape index (κ1) is 9.06. The van der Waals surface area contributed by atoms with Crippen LogP contribution in [0.15, 0.2) is 12.4 Å². The molecule has 66 valence electrons. The molecule has 0 saturated carbocycles. The van der Waals surface area contributed by atoms with Gasteiger partial charge in [-0.1, -0.05) is 0 Å². The molecule has 0 fully saturated rings. The SMILES string of the molecule is O=C(CCCCl)c1cnn(O)c1. The van der Waals surface area contributed by atoms with Crippen LogP contribution < -0.4 is 0 Å². The van der Waals surface area contributed by atoms with Gasteiger partial charge in [0.05, 0.1) is 18.0 Å². The molecule has 12 heavy (non-hydrogen) atoms. The third-order valence-electron chi connectivity index (χ3n) is 1.43. The van der Waals surface area contributed by atoms with Crippen LogP contribution in [0.2, 0.25) is 0 Å². The first-order valence-electron chi connectivity index (χ1n) is 3.57. The Labute approximate surface area is 74.7 Å². The van der Waals surface area contributed by atoms with Crippen molar-refractivity contribution >= 4 is 17.4 Å². The van der Waals surface area contributed by atoms with Crippen LogP contribution in [0.25, 0.3) is 0 Å². The Morgan fingerprint density at radius 1 is 1.75 bits per heavy atom. The Hall–Kier alpha value is -1.03. The molecule has 1 aromatic rings. The standard InChI is InChI=1S/C7H9ClN2O2/c8-3-1-2-7(11)6-4-9-10(12)5-6/h4-5,12H,1-3H2. The first-order chi connectivity index (χ1) is 5.74. The van der Waals surface area contributed by atoms with Gasteiger partial charge < -0.3 is 5.21 Å². The van der Waals surface area contributed by atoms with Crippen LogP contribution in [0, 0.1) is 0 Å². The molecule has 0 aliphatic heterocycles. The molecule has 1 heterocycles. The summed E-state index contributed by atoms with van der Waals surface area (Å²) in [7, 11) is 0. The molecular formula is C7H9ClN2O2. The van der Waals surface area contributed by atoms with Crippen molar-refractivity contribution in [3.63, 3.8) is 0 Å². The minimum absolute atomic E-state index is 0.0454. The number of hydrogen-bond acceptors (Lipinski definition) is 3. The predicted molar refractivity (Wildman–Crippen MR) is 43.7 cm³/mol. The second-order valence-electron chi connectivity index (χ2n) is 2.37. The van der Waals surface area contributed by atoms with Crippen molar-refractivity contribution in [1.82, 2.24) is 9.94 Å². The molecule has 0 spiro atoms. The molecule has 0 aliphatic rings. The monoisotopic (exact) mass is 188 g/mol. The minimum atomic E-state index is -0.0454. The predicted octanol–water partition coefficient (Wildman–Crippen LogP) is 1.32. The summed E-state index contributed by atoms with van der Waals surface area (Å²) in [5, 5.41) is 12.2. The van der Waals surface area contributed by atoms with E-state index in [2.05, 4.69) is 5.10 Å². The number of halogens is 1. The van der Waals surface area contributed by atoms with Gasteiger partial charge in [0.1, 0.15) is 0 Å². The lowest BCUT2D eigenvalue weighted by Gasteiger charge is -1.92. The summed E-state index contributed by atoms with van der Waals surface area (Å²) in [5.41, 5.74) is 0.419. The summed E-state index contributed by atoms with van der Waals surface area (Å²) in [6, 6.07) is 0. The van der Waals surface area contributed by atoms with Crippen molar-refractivity contribution in [3.8, 4) is 0 Å². The van der Waals surface area contributed by atoms with Gasteiger partial charge in [0, 0.05) is 12.3 Å². The summed E-state index contributed by atoms with van der Waals surface area (Å²) in [6.45, 7) is 0. The van der Waals surface area contributed by atoms with Crippen molar-refractivity contribution in [2.45, 2.75) is 12.8 Å². The number of carbonyl (C=O) groups excluding carboxylic acids is 1. The minimum Gasteiger partial charge on any atom is -0.412 e. The van der Waals surface area contributed by atoms with E-state index in [9.17, 15) is 4.79 Å². The largest absolute Gasteiger partial charge is 0.412 e. The normalized spacial score (nSPS) is 10.1. The molecule has 0 saturated heterocycles. The number of rotatable bonds is 4. The summed E-state index contributed by atoms with van der Waals surface area (Å²) in [6.07, 6.45) is 3.65. The Bertz CT molecular complexity index is 272. The van der Waals surface area contributed by atoms with Gasteiger partial charge in [-0.2, -0.15) is 0 Å². The zero-order valence-corrected chi connectivity index (χ0v) is 7.16. The van der Waals surface area contributed by atoms with E-state index >= 15 is 0 Å². The maximum absolute atomic E-state index is 11.2. The van der Waals surface area contributed by atoms with E-state index in [-0.39, 0.29) is 5.78 Å². The topological polar surface area (TPSA) is 55.1 Å². The number of ketones is 1. The van der Waals surface area contributed by atoms with Crippen LogP contribution in [0.4, 0.5) is 0 Å². The lowest BCUT2D eigenvalue weighted by molar-refractivity contribution is 0.0979. The molecular weight excluding hydrogens is 180 g/mol. The van der Waals surface area contributed by atoms with E-state index in [0.717, 1.165) is 0 Å². The van der Waals surface area contributed by atoms with E-state index in [1.165, 1.54) is 12.4 Å². The summed E-state index contributed by atoms with van der Waals surface area (Å²) < 4.78 is 0. The molecule has 0 aliphatic carbocycles. The van der Waals surface area contributed by atoms with E-state index in [1.807, 2.05) is 0 Å². The Morgan fingerprint density at radius 3 is 3.00 bits per heavy atom. The molecule has 4 nitrogen and oxygen atoms in total. The third-order valence-corrected chi connectivity index (χ3v) is 1.70. The average molecular weight is 189 g/mol. The smallest absolute Gasteiger partial charge is 0.166 e. The van der Waals surface area contributed by atoms with Crippen molar-refractivity contribution in [1.29, 1.82) is 0 Å². The van der Waals surface area contributed by atoms with E-state index in [0.29, 0.717) is 29.1 Å². The Kier molecular flexibility index (Phi) is 3.10. The van der Waals surface area contributed by atoms with Gasteiger partial charge in [0.2, 0.25) is 0 Å². The molecule has 5 heteroatoms. The second-order valence-corrected chi connectivity index (χ2v) is 2.74. The molecule has 0 radical (unpaired) electrons. The van der Waals surface area contributed by atoms with E-state index in [1.54, 1.807) is 0 Å². The highest BCUT2D eigenvalue weighted by molar-refractivity contribution is 6.18. The number of alkyl halides is 1. The fourth-order valence-corrected chi connectivity index (χ4v) is 0.962. The molecule has 0 atom stereocenters. The van der Waals surface area contributed by atoms with Crippen molar-refractivity contribution in [3.05, 3.63) is 18.0 Å². The molecule has 1 N–H and O–H groups in total. The van der Waals surface area contributed by atoms with Gasteiger partial charge in [-0.25, -0.2) is 0 Å². The highest BCUT2D eigenvalue weighted by atomic mass is 35.5. The number of nitrogens with zero attached hydrogens (tertiary/aromatic N) is 2. The van der Waals surface area contributed by atoms with Gasteiger partial charge in [0.25, 0.3) is 0 Å². The van der Waals surface area contributed by atoms with Crippen LogP contribution >= 0.6 is 11.6 Å². The highest BCUT2D eigenvalue weighted by Crippen LogP contribution is 2.03. The molecule has 0 amide bonds. The molecule has 0 bridgehead atoms. The second kappa shape index (κ2) is 4.11. The highest BCUT2D eigenvalue weighted by Gasteiger charge is 2.07. The fourth-order valence-electron chi connectivity index (χ4n) is 0.828. The van der Waals surface area contributed by atoms with Crippen molar-refractivity contribution < 1.29 is 10.0 Å². The maximum Gasteiger partial charge on any atom is 0.166 e. The van der Waals surface area contributed by atoms with E-state index in [4.69, 9.17) is 16.8 Å². The quantitative estimate of drug-likeness (QED) is 0.441. The average Bonchev–Trinajstić information content (AvgIpc) is 2.47. The fraction of sp³-hybridized carbons (Fsp3) is 0.429. The van der Waals surface area contributed by atoms with Gasteiger partial charge in [0.15, 0.2) is 5.78 Å². The van der Waals surface area contributed by atoms with Gasteiger partial charge >= 0.3 is 0 Å². The lowest BCUT2D eigenvalue weighted by atomic mass is 10.1. The Balaban J connectivity index is 2.53. The zero-order valence-electron chi connectivity index (χ0n) is 6.40.